The van der Waals surface area contributed by atoms with Crippen molar-refractivity contribution in [1.82, 2.24) is 4.98 Å². The first-order valence-corrected chi connectivity index (χ1v) is 3.32. The van der Waals surface area contributed by atoms with Crippen LogP contribution in [0.4, 0.5) is 14.5 Å². The lowest BCUT2D eigenvalue weighted by atomic mass is 10.2. The van der Waals surface area contributed by atoms with Gasteiger partial charge in [0.05, 0.1) is 5.69 Å². The molecule has 1 aromatic rings. The summed E-state index contributed by atoms with van der Waals surface area (Å²) in [5.74, 6) is 0. The maximum atomic E-state index is 12.2. The predicted octanol–water partition coefficient (Wildman–Crippen LogP) is 0.707. The van der Waals surface area contributed by atoms with E-state index in [1.54, 1.807) is 0 Å². The minimum Gasteiger partial charge on any atom is -0.394 e. The second-order valence-corrected chi connectivity index (χ2v) is 2.33. The van der Waals surface area contributed by atoms with E-state index in [1.807, 2.05) is 0 Å². The van der Waals surface area contributed by atoms with Crippen LogP contribution in [0.25, 0.3) is 0 Å². The number of nitrogens with two attached hydrogens (primary N) is 1. The second kappa shape index (κ2) is 3.34. The number of nitrogens with one attached hydrogen (secondary N) is 1. The lowest BCUT2D eigenvalue weighted by Crippen LogP contribution is -2.14. The number of alkyl halides is 2. The van der Waals surface area contributed by atoms with E-state index in [9.17, 15) is 18.4 Å². The molecule has 6 heteroatoms. The normalized spacial score (nSPS) is 10.4. The van der Waals surface area contributed by atoms with Gasteiger partial charge in [-0.15, -0.1) is 0 Å². The number of aromatic nitrogens is 1. The molecule has 0 aliphatic carbocycles. The van der Waals surface area contributed by atoms with E-state index >= 15 is 0 Å². The van der Waals surface area contributed by atoms with Gasteiger partial charge in [-0.3, -0.25) is 9.59 Å². The Morgan fingerprint density at radius 1 is 1.54 bits per heavy atom. The molecule has 1 heterocycles. The minimum atomic E-state index is -2.90. The van der Waals surface area contributed by atoms with Crippen molar-refractivity contribution in [3.8, 4) is 0 Å². The lowest BCUT2D eigenvalue weighted by molar-refractivity contribution is 0.111. The fraction of sp³-hybridized carbons (Fsp3) is 0.143. The Hall–Kier alpha value is -1.72. The van der Waals surface area contributed by atoms with Crippen LogP contribution >= 0.6 is 0 Å². The molecule has 3 N–H and O–H groups in total. The van der Waals surface area contributed by atoms with Crippen molar-refractivity contribution in [2.75, 3.05) is 5.73 Å². The number of aldehydes is 1. The topological polar surface area (TPSA) is 76.0 Å². The van der Waals surface area contributed by atoms with Gasteiger partial charge in [-0.2, -0.15) is 0 Å². The minimum absolute atomic E-state index is 0.213. The lowest BCUT2D eigenvalue weighted by Gasteiger charge is -2.03. The monoisotopic (exact) mass is 188 g/mol. The first-order chi connectivity index (χ1) is 6.06. The quantitative estimate of drug-likeness (QED) is 0.671. The number of pyridine rings is 1. The molecule has 0 atom stereocenters. The average molecular weight is 188 g/mol. The summed E-state index contributed by atoms with van der Waals surface area (Å²) < 4.78 is 24.3. The number of carbonyl (C=O) groups excluding carboxylic acids is 1. The average Bonchev–Trinajstić information content (AvgIpc) is 2.09. The van der Waals surface area contributed by atoms with Crippen molar-refractivity contribution < 1.29 is 13.6 Å². The zero-order chi connectivity index (χ0) is 10.0. The van der Waals surface area contributed by atoms with Gasteiger partial charge in [-0.1, -0.05) is 0 Å². The maximum Gasteiger partial charge on any atom is 0.280 e. The smallest absolute Gasteiger partial charge is 0.280 e. The Bertz CT molecular complexity index is 387. The zero-order valence-electron chi connectivity index (χ0n) is 6.38. The molecule has 4 nitrogen and oxygen atoms in total. The van der Waals surface area contributed by atoms with Crippen molar-refractivity contribution in [2.45, 2.75) is 6.43 Å². The third-order valence-corrected chi connectivity index (χ3v) is 1.47. The molecule has 13 heavy (non-hydrogen) atoms. The highest BCUT2D eigenvalue weighted by molar-refractivity contribution is 5.72. The van der Waals surface area contributed by atoms with Crippen LogP contribution < -0.4 is 11.2 Å². The summed E-state index contributed by atoms with van der Waals surface area (Å²) in [7, 11) is 0. The molecular weight excluding hydrogens is 182 g/mol. The highest BCUT2D eigenvalue weighted by Gasteiger charge is 2.14. The number of aromatic amines is 1. The third-order valence-electron chi connectivity index (χ3n) is 1.47. The zero-order valence-corrected chi connectivity index (χ0v) is 6.38. The molecule has 0 aliphatic rings. The largest absolute Gasteiger partial charge is 0.394 e. The molecule has 0 aromatic carbocycles. The van der Waals surface area contributed by atoms with Gasteiger partial charge in [-0.25, -0.2) is 8.78 Å². The van der Waals surface area contributed by atoms with Gasteiger partial charge in [0.2, 0.25) is 5.43 Å². The van der Waals surface area contributed by atoms with Crippen molar-refractivity contribution >= 4 is 12.0 Å². The summed E-state index contributed by atoms with van der Waals surface area (Å²) in [5.41, 5.74) is 2.80. The first kappa shape index (κ1) is 9.37. The molecular formula is C7H6F2N2O2. The third kappa shape index (κ3) is 1.71. The predicted molar refractivity (Wildman–Crippen MR) is 41.8 cm³/mol. The fourth-order valence-electron chi connectivity index (χ4n) is 0.846. The van der Waals surface area contributed by atoms with Gasteiger partial charge in [0.15, 0.2) is 6.29 Å². The summed E-state index contributed by atoms with van der Waals surface area (Å²) in [6.45, 7) is 0. The van der Waals surface area contributed by atoms with E-state index in [4.69, 9.17) is 5.73 Å². The van der Waals surface area contributed by atoms with E-state index in [-0.39, 0.29) is 12.0 Å². The van der Waals surface area contributed by atoms with Crippen LogP contribution in [0, 0.1) is 0 Å². The first-order valence-electron chi connectivity index (χ1n) is 3.32. The van der Waals surface area contributed by atoms with Crippen LogP contribution in [0.15, 0.2) is 10.9 Å². The number of hydrogen-bond acceptors (Lipinski definition) is 3. The van der Waals surface area contributed by atoms with E-state index in [1.165, 1.54) is 0 Å². The molecule has 1 aromatic heterocycles. The van der Waals surface area contributed by atoms with Gasteiger partial charge < -0.3 is 10.7 Å². The molecule has 1 rings (SSSR count). The fourth-order valence-corrected chi connectivity index (χ4v) is 0.846. The van der Waals surface area contributed by atoms with Crippen LogP contribution in [0.3, 0.4) is 0 Å². The van der Waals surface area contributed by atoms with Gasteiger partial charge >= 0.3 is 0 Å². The molecule has 70 valence electrons. The van der Waals surface area contributed by atoms with E-state index in [0.717, 1.165) is 6.07 Å². The highest BCUT2D eigenvalue weighted by atomic mass is 19.3. The summed E-state index contributed by atoms with van der Waals surface area (Å²) in [5, 5.41) is 0. The Kier molecular flexibility index (Phi) is 2.41. The number of H-pyrrole nitrogens is 1. The van der Waals surface area contributed by atoms with Crippen LogP contribution in [0.5, 0.6) is 0 Å². The molecule has 0 radical (unpaired) electrons. The Morgan fingerprint density at radius 2 is 2.15 bits per heavy atom. The number of halogens is 2. The summed E-state index contributed by atoms with van der Waals surface area (Å²) >= 11 is 0. The van der Waals surface area contributed by atoms with Crippen molar-refractivity contribution in [3.05, 3.63) is 27.7 Å². The van der Waals surface area contributed by atoms with Gasteiger partial charge in [0.1, 0.15) is 11.4 Å². The molecule has 0 saturated heterocycles. The van der Waals surface area contributed by atoms with Crippen molar-refractivity contribution in [2.24, 2.45) is 0 Å². The van der Waals surface area contributed by atoms with Gasteiger partial charge in [0, 0.05) is 6.07 Å². The number of hydrogen-bond donors (Lipinski definition) is 2. The highest BCUT2D eigenvalue weighted by Crippen LogP contribution is 2.19. The summed E-state index contributed by atoms with van der Waals surface area (Å²) in [6.07, 6.45) is -2.63. The number of rotatable bonds is 2. The number of anilines is 1. The summed E-state index contributed by atoms with van der Waals surface area (Å²) in [4.78, 5) is 23.1. The van der Waals surface area contributed by atoms with Gasteiger partial charge in [0.25, 0.3) is 6.43 Å². The Labute approximate surface area is 71.4 Å². The molecule has 0 saturated carbocycles. The molecule has 0 spiro atoms. The maximum absolute atomic E-state index is 12.2. The summed E-state index contributed by atoms with van der Waals surface area (Å²) in [6, 6.07) is 0.869. The molecule has 0 bridgehead atoms. The van der Waals surface area contributed by atoms with Crippen LogP contribution in [-0.4, -0.2) is 11.3 Å². The van der Waals surface area contributed by atoms with Crippen molar-refractivity contribution in [1.29, 1.82) is 0 Å². The molecule has 0 fully saturated rings. The molecule has 0 unspecified atom stereocenters. The van der Waals surface area contributed by atoms with E-state index < -0.39 is 23.2 Å². The van der Waals surface area contributed by atoms with E-state index in [0.29, 0.717) is 0 Å². The van der Waals surface area contributed by atoms with Crippen molar-refractivity contribution in [3.63, 3.8) is 0 Å². The number of carbonyl (C=O) groups is 1. The van der Waals surface area contributed by atoms with Crippen LogP contribution in [0.1, 0.15) is 22.6 Å². The standard InChI is InChI=1S/C7H6F2N2O2/c8-7(9)6-5(10)4(13)1-3(2-12)11-6/h1-2,7H,10H2,(H,11,13). The van der Waals surface area contributed by atoms with Gasteiger partial charge in [-0.05, 0) is 0 Å². The second-order valence-electron chi connectivity index (χ2n) is 2.33. The Morgan fingerprint density at radius 3 is 2.62 bits per heavy atom. The van der Waals surface area contributed by atoms with Crippen LogP contribution in [-0.2, 0) is 0 Å². The SMILES string of the molecule is Nc1c(C(F)F)[nH]c(C=O)cc1=O. The Balaban J connectivity index is 3.41. The van der Waals surface area contributed by atoms with E-state index in [2.05, 4.69) is 4.98 Å². The number of nitrogen functional groups attached to an aromatic ring is 1. The molecule has 0 amide bonds. The van der Waals surface area contributed by atoms with Crippen LogP contribution in [0.2, 0.25) is 0 Å². The molecule has 0 aliphatic heterocycles.